The van der Waals surface area contributed by atoms with Gasteiger partial charge < -0.3 is 25.2 Å². The second kappa shape index (κ2) is 9.64. The Bertz CT molecular complexity index is 562. The normalized spacial score (nSPS) is 12.8. The van der Waals surface area contributed by atoms with Gasteiger partial charge in [-0.1, -0.05) is 26.3 Å². The number of amides is 2. The van der Waals surface area contributed by atoms with E-state index in [1.165, 1.54) is 0 Å². The molecule has 1 aromatic rings. The molecular weight excluding hydrogens is 312 g/mol. The highest BCUT2D eigenvalue weighted by atomic mass is 16.5. The lowest BCUT2D eigenvalue weighted by atomic mass is 9.99. The van der Waals surface area contributed by atoms with Crippen molar-refractivity contribution in [2.24, 2.45) is 5.92 Å². The summed E-state index contributed by atoms with van der Waals surface area (Å²) in [6, 6.07) is 4.16. The third-order valence-corrected chi connectivity index (χ3v) is 3.91. The zero-order valence-corrected chi connectivity index (χ0v) is 14.6. The number of carbonyl (C=O) groups is 2. The molecule has 134 valence electrons. The van der Waals surface area contributed by atoms with Gasteiger partial charge >= 0.3 is 12.0 Å². The Balaban J connectivity index is 2.52. The maximum absolute atomic E-state index is 11.9. The Morgan fingerprint density at radius 3 is 2.42 bits per heavy atom. The van der Waals surface area contributed by atoms with E-state index in [0.717, 1.165) is 5.56 Å². The van der Waals surface area contributed by atoms with Crippen molar-refractivity contribution in [2.75, 3.05) is 20.8 Å². The average molecular weight is 338 g/mol. The molecule has 0 heterocycles. The summed E-state index contributed by atoms with van der Waals surface area (Å²) in [5.41, 5.74) is 0.977. The summed E-state index contributed by atoms with van der Waals surface area (Å²) in [7, 11) is 3.13. The molecule has 0 saturated heterocycles. The van der Waals surface area contributed by atoms with Crippen LogP contribution in [0.4, 0.5) is 4.79 Å². The van der Waals surface area contributed by atoms with Crippen LogP contribution in [0.5, 0.6) is 11.5 Å². The summed E-state index contributed by atoms with van der Waals surface area (Å²) >= 11 is 0. The highest BCUT2D eigenvalue weighted by Gasteiger charge is 2.24. The lowest BCUT2D eigenvalue weighted by Crippen LogP contribution is -2.49. The standard InChI is InChI=1S/C17H26N2O5/c1-5-11(2)15(16(20)21)19-17(22)18-9-8-12-6-7-13(23-3)14(10-12)24-4/h6-7,10-11,15H,5,8-9H2,1-4H3,(H,20,21)(H2,18,19,22). The molecule has 0 aliphatic heterocycles. The highest BCUT2D eigenvalue weighted by molar-refractivity contribution is 5.82. The minimum absolute atomic E-state index is 0.140. The van der Waals surface area contributed by atoms with E-state index in [4.69, 9.17) is 14.6 Å². The fourth-order valence-electron chi connectivity index (χ4n) is 2.23. The second-order valence-corrected chi connectivity index (χ2v) is 5.54. The van der Waals surface area contributed by atoms with Crippen molar-refractivity contribution in [3.63, 3.8) is 0 Å². The number of carboxylic acid groups (broad SMARTS) is 1. The number of methoxy groups -OCH3 is 2. The summed E-state index contributed by atoms with van der Waals surface area (Å²) in [6.45, 7) is 4.06. The van der Waals surface area contributed by atoms with Crippen LogP contribution in [0, 0.1) is 5.92 Å². The van der Waals surface area contributed by atoms with Gasteiger partial charge in [0, 0.05) is 6.54 Å². The average Bonchev–Trinajstić information content (AvgIpc) is 2.58. The van der Waals surface area contributed by atoms with Crippen molar-refractivity contribution >= 4 is 12.0 Å². The van der Waals surface area contributed by atoms with E-state index in [-0.39, 0.29) is 5.92 Å². The second-order valence-electron chi connectivity index (χ2n) is 5.54. The van der Waals surface area contributed by atoms with Gasteiger partial charge in [0.1, 0.15) is 6.04 Å². The first kappa shape index (κ1) is 19.6. The van der Waals surface area contributed by atoms with E-state index >= 15 is 0 Å². The third-order valence-electron chi connectivity index (χ3n) is 3.91. The quantitative estimate of drug-likeness (QED) is 0.640. The molecule has 0 saturated carbocycles. The van der Waals surface area contributed by atoms with Crippen molar-refractivity contribution in [3.8, 4) is 11.5 Å². The Morgan fingerprint density at radius 1 is 1.21 bits per heavy atom. The van der Waals surface area contributed by atoms with Gasteiger partial charge in [0.05, 0.1) is 14.2 Å². The van der Waals surface area contributed by atoms with Gasteiger partial charge in [-0.3, -0.25) is 0 Å². The minimum atomic E-state index is -1.03. The van der Waals surface area contributed by atoms with Gasteiger partial charge in [0.2, 0.25) is 0 Å². The molecule has 24 heavy (non-hydrogen) atoms. The summed E-state index contributed by atoms with van der Waals surface area (Å²) in [4.78, 5) is 23.1. The summed E-state index contributed by atoms with van der Waals surface area (Å²) < 4.78 is 10.4. The van der Waals surface area contributed by atoms with Crippen LogP contribution < -0.4 is 20.1 Å². The predicted molar refractivity (Wildman–Crippen MR) is 90.7 cm³/mol. The summed E-state index contributed by atoms with van der Waals surface area (Å²) in [6.07, 6.45) is 1.26. The zero-order chi connectivity index (χ0) is 18.1. The molecular formula is C17H26N2O5. The third kappa shape index (κ3) is 5.64. The number of hydrogen-bond donors (Lipinski definition) is 3. The number of urea groups is 1. The molecule has 1 aromatic carbocycles. The monoisotopic (exact) mass is 338 g/mol. The first-order valence-electron chi connectivity index (χ1n) is 7.91. The van der Waals surface area contributed by atoms with E-state index in [1.54, 1.807) is 27.2 Å². The van der Waals surface area contributed by atoms with Crippen LogP contribution in [-0.2, 0) is 11.2 Å². The van der Waals surface area contributed by atoms with Crippen LogP contribution in [0.3, 0.4) is 0 Å². The summed E-state index contributed by atoms with van der Waals surface area (Å²) in [5, 5.41) is 14.3. The van der Waals surface area contributed by atoms with E-state index in [1.807, 2.05) is 19.1 Å². The van der Waals surface area contributed by atoms with Gasteiger partial charge in [-0.2, -0.15) is 0 Å². The van der Waals surface area contributed by atoms with Crippen LogP contribution in [-0.4, -0.2) is 43.9 Å². The molecule has 2 amide bonds. The molecule has 0 radical (unpaired) electrons. The van der Waals surface area contributed by atoms with Gasteiger partial charge in [0.25, 0.3) is 0 Å². The number of benzene rings is 1. The van der Waals surface area contributed by atoms with Gasteiger partial charge in [-0.15, -0.1) is 0 Å². The molecule has 0 bridgehead atoms. The van der Waals surface area contributed by atoms with E-state index in [9.17, 15) is 9.59 Å². The molecule has 0 aromatic heterocycles. The largest absolute Gasteiger partial charge is 0.493 e. The van der Waals surface area contributed by atoms with Crippen LogP contribution >= 0.6 is 0 Å². The van der Waals surface area contributed by atoms with E-state index in [0.29, 0.717) is 30.9 Å². The fourth-order valence-corrected chi connectivity index (χ4v) is 2.23. The highest BCUT2D eigenvalue weighted by Crippen LogP contribution is 2.27. The molecule has 1 rings (SSSR count). The van der Waals surface area contributed by atoms with Crippen LogP contribution in [0.1, 0.15) is 25.8 Å². The van der Waals surface area contributed by atoms with Gasteiger partial charge in [-0.05, 0) is 30.0 Å². The molecule has 7 heteroatoms. The SMILES string of the molecule is CCC(C)C(NC(=O)NCCc1ccc(OC)c(OC)c1)C(=O)O. The Kier molecular flexibility index (Phi) is 7.88. The molecule has 2 unspecified atom stereocenters. The minimum Gasteiger partial charge on any atom is -0.493 e. The van der Waals surface area contributed by atoms with Crippen LogP contribution in [0.2, 0.25) is 0 Å². The molecule has 0 fully saturated rings. The van der Waals surface area contributed by atoms with E-state index in [2.05, 4.69) is 10.6 Å². The zero-order valence-electron chi connectivity index (χ0n) is 14.6. The first-order chi connectivity index (χ1) is 11.4. The Labute approximate surface area is 142 Å². The van der Waals surface area contributed by atoms with Crippen molar-refractivity contribution in [3.05, 3.63) is 23.8 Å². The maximum Gasteiger partial charge on any atom is 0.326 e. The lowest BCUT2D eigenvalue weighted by Gasteiger charge is -2.20. The van der Waals surface area contributed by atoms with Crippen molar-refractivity contribution < 1.29 is 24.2 Å². The number of carbonyl (C=O) groups excluding carboxylic acids is 1. The van der Waals surface area contributed by atoms with Crippen molar-refractivity contribution in [2.45, 2.75) is 32.7 Å². The number of ether oxygens (including phenoxy) is 2. The fraction of sp³-hybridized carbons (Fsp3) is 0.529. The van der Waals surface area contributed by atoms with Crippen molar-refractivity contribution in [1.29, 1.82) is 0 Å². The van der Waals surface area contributed by atoms with Crippen LogP contribution in [0.25, 0.3) is 0 Å². The Hall–Kier alpha value is -2.44. The molecule has 2 atom stereocenters. The Morgan fingerprint density at radius 2 is 1.88 bits per heavy atom. The molecule has 3 N–H and O–H groups in total. The smallest absolute Gasteiger partial charge is 0.326 e. The maximum atomic E-state index is 11.9. The molecule has 0 aliphatic carbocycles. The lowest BCUT2D eigenvalue weighted by molar-refractivity contribution is -0.140. The topological polar surface area (TPSA) is 96.9 Å². The predicted octanol–water partition coefficient (Wildman–Crippen LogP) is 2.04. The number of hydrogen-bond acceptors (Lipinski definition) is 4. The molecule has 0 spiro atoms. The number of rotatable bonds is 9. The van der Waals surface area contributed by atoms with Crippen LogP contribution in [0.15, 0.2) is 18.2 Å². The summed E-state index contributed by atoms with van der Waals surface area (Å²) in [5.74, 6) is 0.102. The molecule has 7 nitrogen and oxygen atoms in total. The number of nitrogens with one attached hydrogen (secondary N) is 2. The van der Waals surface area contributed by atoms with Gasteiger partial charge in [-0.25, -0.2) is 9.59 Å². The first-order valence-corrected chi connectivity index (χ1v) is 7.91. The number of carboxylic acids is 1. The number of aliphatic carboxylic acids is 1. The van der Waals surface area contributed by atoms with Crippen molar-refractivity contribution in [1.82, 2.24) is 10.6 Å². The molecule has 0 aliphatic rings. The van der Waals surface area contributed by atoms with Gasteiger partial charge in [0.15, 0.2) is 11.5 Å². The van der Waals surface area contributed by atoms with E-state index < -0.39 is 18.0 Å².